The third-order valence-electron chi connectivity index (χ3n) is 7.80. The number of alkyl halides is 3. The van der Waals surface area contributed by atoms with Crippen LogP contribution in [0, 0.1) is 0 Å². The van der Waals surface area contributed by atoms with E-state index in [0.29, 0.717) is 41.7 Å². The number of nitrogens with zero attached hydrogens (tertiary/aromatic N) is 4. The van der Waals surface area contributed by atoms with E-state index in [4.69, 9.17) is 14.5 Å². The van der Waals surface area contributed by atoms with E-state index < -0.39 is 23.7 Å². The van der Waals surface area contributed by atoms with Crippen molar-refractivity contribution in [1.82, 2.24) is 19.9 Å². The first-order chi connectivity index (χ1) is 22.6. The van der Waals surface area contributed by atoms with Crippen LogP contribution in [-0.4, -0.2) is 53.6 Å². The SMILES string of the molecule is COc1ccc(Cn2c(-c3ccccc3OC(F)(F)F)nc3sc(N4CCC[C@@H]4C(=O)NCc4ccccc4)nc3c2=O)c(OC)c1. The molecular weight excluding hydrogens is 635 g/mol. The van der Waals surface area contributed by atoms with Crippen molar-refractivity contribution in [1.29, 1.82) is 0 Å². The molecule has 0 bridgehead atoms. The molecule has 0 radical (unpaired) electrons. The van der Waals surface area contributed by atoms with E-state index >= 15 is 0 Å². The second-order valence-corrected chi connectivity index (χ2v) is 11.7. The van der Waals surface area contributed by atoms with Crippen molar-refractivity contribution in [3.8, 4) is 28.6 Å². The molecule has 1 fully saturated rings. The third-order valence-corrected chi connectivity index (χ3v) is 8.78. The van der Waals surface area contributed by atoms with Gasteiger partial charge in [0.25, 0.3) is 5.56 Å². The number of hydrogen-bond donors (Lipinski definition) is 1. The lowest BCUT2D eigenvalue weighted by Gasteiger charge is -2.23. The Morgan fingerprint density at radius 2 is 1.77 bits per heavy atom. The molecule has 0 unspecified atom stereocenters. The number of fused-ring (bicyclic) bond motifs is 1. The maximum Gasteiger partial charge on any atom is 0.573 e. The summed E-state index contributed by atoms with van der Waals surface area (Å²) < 4.78 is 56.7. The van der Waals surface area contributed by atoms with E-state index in [9.17, 15) is 22.8 Å². The maximum atomic E-state index is 14.2. The molecule has 244 valence electrons. The Kier molecular flexibility index (Phi) is 9.03. The summed E-state index contributed by atoms with van der Waals surface area (Å²) in [5.74, 6) is 0.201. The Morgan fingerprint density at radius 1 is 1.00 bits per heavy atom. The van der Waals surface area contributed by atoms with Gasteiger partial charge in [-0.15, -0.1) is 13.2 Å². The molecule has 47 heavy (non-hydrogen) atoms. The Hall–Kier alpha value is -5.11. The van der Waals surface area contributed by atoms with Crippen molar-refractivity contribution in [2.75, 3.05) is 25.7 Å². The smallest absolute Gasteiger partial charge is 0.497 e. The van der Waals surface area contributed by atoms with Gasteiger partial charge >= 0.3 is 6.36 Å². The summed E-state index contributed by atoms with van der Waals surface area (Å²) >= 11 is 1.11. The number of carbonyl (C=O) groups is 1. The van der Waals surface area contributed by atoms with Gasteiger partial charge in [0, 0.05) is 24.7 Å². The lowest BCUT2D eigenvalue weighted by atomic mass is 10.1. The molecule has 3 aromatic carbocycles. The van der Waals surface area contributed by atoms with Gasteiger partial charge in [0.1, 0.15) is 29.1 Å². The lowest BCUT2D eigenvalue weighted by molar-refractivity contribution is -0.274. The Morgan fingerprint density at radius 3 is 2.51 bits per heavy atom. The van der Waals surface area contributed by atoms with Gasteiger partial charge in [-0.1, -0.05) is 53.8 Å². The molecule has 1 amide bonds. The maximum absolute atomic E-state index is 14.2. The van der Waals surface area contributed by atoms with E-state index in [0.717, 1.165) is 23.3 Å². The van der Waals surface area contributed by atoms with Gasteiger partial charge in [0.2, 0.25) is 5.91 Å². The number of ether oxygens (including phenoxy) is 3. The summed E-state index contributed by atoms with van der Waals surface area (Å²) in [4.78, 5) is 38.9. The van der Waals surface area contributed by atoms with Gasteiger partial charge < -0.3 is 24.4 Å². The van der Waals surface area contributed by atoms with E-state index in [1.807, 2.05) is 35.2 Å². The minimum atomic E-state index is -4.98. The zero-order valence-electron chi connectivity index (χ0n) is 25.4. The molecule has 1 N–H and O–H groups in total. The van der Waals surface area contributed by atoms with Crippen LogP contribution in [0.15, 0.2) is 77.6 Å². The van der Waals surface area contributed by atoms with Gasteiger partial charge in [-0.3, -0.25) is 14.2 Å². The van der Waals surface area contributed by atoms with Crippen molar-refractivity contribution in [3.63, 3.8) is 0 Å². The Bertz CT molecular complexity index is 1960. The highest BCUT2D eigenvalue weighted by molar-refractivity contribution is 7.21. The summed E-state index contributed by atoms with van der Waals surface area (Å²) in [7, 11) is 2.97. The first-order valence-electron chi connectivity index (χ1n) is 14.7. The fourth-order valence-corrected chi connectivity index (χ4v) is 6.57. The minimum absolute atomic E-state index is 0.0331. The number of para-hydroxylation sites is 1. The number of thiazole rings is 1. The lowest BCUT2D eigenvalue weighted by Crippen LogP contribution is -2.43. The fraction of sp³-hybridized carbons (Fsp3) is 0.273. The highest BCUT2D eigenvalue weighted by Crippen LogP contribution is 2.37. The number of hydrogen-bond acceptors (Lipinski definition) is 9. The summed E-state index contributed by atoms with van der Waals surface area (Å²) in [5, 5.41) is 3.41. The Balaban J connectivity index is 1.42. The van der Waals surface area contributed by atoms with Gasteiger partial charge in [0.05, 0.1) is 26.3 Å². The summed E-state index contributed by atoms with van der Waals surface area (Å²) in [5.41, 5.74) is 0.941. The van der Waals surface area contributed by atoms with Crippen LogP contribution in [0.1, 0.15) is 24.0 Å². The number of anilines is 1. The molecule has 10 nitrogen and oxygen atoms in total. The van der Waals surface area contributed by atoms with E-state index in [1.54, 1.807) is 18.2 Å². The number of benzene rings is 3. The van der Waals surface area contributed by atoms with E-state index in [2.05, 4.69) is 15.0 Å². The quantitative estimate of drug-likeness (QED) is 0.201. The molecule has 5 aromatic rings. The molecule has 0 spiro atoms. The molecule has 6 rings (SSSR count). The second-order valence-electron chi connectivity index (χ2n) is 10.8. The normalized spacial score (nSPS) is 14.7. The van der Waals surface area contributed by atoms with Gasteiger partial charge in [0.15, 0.2) is 15.5 Å². The highest BCUT2D eigenvalue weighted by Gasteiger charge is 2.35. The van der Waals surface area contributed by atoms with Crippen molar-refractivity contribution in [3.05, 3.63) is 94.3 Å². The molecule has 1 aliphatic heterocycles. The van der Waals surface area contributed by atoms with Crippen LogP contribution in [0.25, 0.3) is 21.7 Å². The van der Waals surface area contributed by atoms with E-state index in [-0.39, 0.29) is 34.2 Å². The van der Waals surface area contributed by atoms with Crippen LogP contribution in [-0.2, 0) is 17.9 Å². The zero-order chi connectivity index (χ0) is 33.1. The molecule has 1 saturated heterocycles. The number of halogens is 3. The van der Waals surface area contributed by atoms with E-state index in [1.165, 1.54) is 43.1 Å². The molecule has 1 atom stereocenters. The molecular formula is C33H30F3N5O5S. The number of amides is 1. The average Bonchev–Trinajstić information content (AvgIpc) is 3.73. The topological polar surface area (TPSA) is 108 Å². The van der Waals surface area contributed by atoms with Crippen LogP contribution in [0.3, 0.4) is 0 Å². The van der Waals surface area contributed by atoms with Crippen molar-refractivity contribution in [2.45, 2.75) is 38.3 Å². The number of carbonyl (C=O) groups excluding carboxylic acids is 1. The van der Waals surface area contributed by atoms with Crippen LogP contribution in [0.2, 0.25) is 0 Å². The van der Waals surface area contributed by atoms with Crippen LogP contribution in [0.4, 0.5) is 18.3 Å². The number of nitrogens with one attached hydrogen (secondary N) is 1. The van der Waals surface area contributed by atoms with Crippen LogP contribution in [0.5, 0.6) is 17.2 Å². The van der Waals surface area contributed by atoms with Gasteiger partial charge in [-0.25, -0.2) is 9.97 Å². The van der Waals surface area contributed by atoms with Crippen molar-refractivity contribution >= 4 is 32.7 Å². The summed E-state index contributed by atoms with van der Waals surface area (Å²) in [6.07, 6.45) is -3.64. The molecule has 0 saturated carbocycles. The summed E-state index contributed by atoms with van der Waals surface area (Å²) in [6, 6.07) is 19.6. The fourth-order valence-electron chi connectivity index (χ4n) is 5.56. The zero-order valence-corrected chi connectivity index (χ0v) is 26.2. The van der Waals surface area contributed by atoms with Crippen molar-refractivity contribution < 1.29 is 32.2 Å². The number of rotatable bonds is 10. The molecule has 3 heterocycles. The largest absolute Gasteiger partial charge is 0.573 e. The second kappa shape index (κ2) is 13.3. The van der Waals surface area contributed by atoms with Crippen LogP contribution < -0.4 is 30.0 Å². The van der Waals surface area contributed by atoms with Gasteiger partial charge in [-0.2, -0.15) is 0 Å². The summed E-state index contributed by atoms with van der Waals surface area (Å²) in [6.45, 7) is 0.801. The van der Waals surface area contributed by atoms with Crippen LogP contribution >= 0.6 is 11.3 Å². The highest BCUT2D eigenvalue weighted by atomic mass is 32.1. The molecule has 1 aliphatic rings. The van der Waals surface area contributed by atoms with Gasteiger partial charge in [-0.05, 0) is 42.7 Å². The number of aromatic nitrogens is 3. The molecule has 0 aliphatic carbocycles. The van der Waals surface area contributed by atoms with Crippen molar-refractivity contribution in [2.24, 2.45) is 0 Å². The molecule has 14 heteroatoms. The number of methoxy groups -OCH3 is 2. The first kappa shape index (κ1) is 31.9. The predicted octanol–water partition coefficient (Wildman–Crippen LogP) is 5.77. The first-order valence-corrected chi connectivity index (χ1v) is 15.5. The monoisotopic (exact) mass is 665 g/mol. The standard InChI is InChI=1S/C33H30F3N5O5S/c1-44-22-15-14-21(26(17-22)45-2)19-41-28(23-11-6-7-13-25(23)46-33(34,35)36)39-30-27(31(41)43)38-32(47-30)40-16-8-12-24(40)29(42)37-18-20-9-4-3-5-10-20/h3-7,9-11,13-15,17,24H,8,12,16,18-19H2,1-2H3,(H,37,42)/t24-/m1/s1. The molecule has 2 aromatic heterocycles. The average molecular weight is 666 g/mol. The predicted molar refractivity (Wildman–Crippen MR) is 171 cm³/mol. The minimum Gasteiger partial charge on any atom is -0.497 e. The third kappa shape index (κ3) is 6.87. The Labute approximate surface area is 271 Å².